The molecule has 1 aromatic rings. The molecule has 0 radical (unpaired) electrons. The SMILES string of the molecule is C/C=C\CCc1ccc(OCCCCC)cc1. The summed E-state index contributed by atoms with van der Waals surface area (Å²) >= 11 is 0. The minimum Gasteiger partial charge on any atom is -0.494 e. The van der Waals surface area contributed by atoms with Crippen molar-refractivity contribution in [2.75, 3.05) is 6.61 Å². The van der Waals surface area contributed by atoms with Crippen LogP contribution in [0.1, 0.15) is 45.1 Å². The Kier molecular flexibility index (Phi) is 7.20. The normalized spacial score (nSPS) is 10.9. The number of allylic oxidation sites excluding steroid dienone is 2. The molecule has 0 amide bonds. The van der Waals surface area contributed by atoms with Gasteiger partial charge in [0.05, 0.1) is 6.61 Å². The molecule has 1 heteroatoms. The molecule has 94 valence electrons. The van der Waals surface area contributed by atoms with Crippen LogP contribution in [0.3, 0.4) is 0 Å². The first-order chi connectivity index (χ1) is 8.36. The summed E-state index contributed by atoms with van der Waals surface area (Å²) in [7, 11) is 0. The van der Waals surface area contributed by atoms with E-state index < -0.39 is 0 Å². The summed E-state index contributed by atoms with van der Waals surface area (Å²) in [4.78, 5) is 0. The van der Waals surface area contributed by atoms with Crippen LogP contribution in [0.4, 0.5) is 0 Å². The van der Waals surface area contributed by atoms with Crippen molar-refractivity contribution >= 4 is 0 Å². The van der Waals surface area contributed by atoms with Crippen molar-refractivity contribution in [2.24, 2.45) is 0 Å². The molecule has 0 heterocycles. The summed E-state index contributed by atoms with van der Waals surface area (Å²) in [5.41, 5.74) is 1.38. The molecule has 0 bridgehead atoms. The first-order valence-electron chi connectivity index (χ1n) is 6.69. The van der Waals surface area contributed by atoms with Gasteiger partial charge in [-0.1, -0.05) is 44.1 Å². The summed E-state index contributed by atoms with van der Waals surface area (Å²) in [6.07, 6.45) is 10.2. The van der Waals surface area contributed by atoms with Gasteiger partial charge in [0.25, 0.3) is 0 Å². The van der Waals surface area contributed by atoms with Gasteiger partial charge in [0.15, 0.2) is 0 Å². The van der Waals surface area contributed by atoms with Gasteiger partial charge in [-0.25, -0.2) is 0 Å². The van der Waals surface area contributed by atoms with Crippen LogP contribution in [0.15, 0.2) is 36.4 Å². The van der Waals surface area contributed by atoms with E-state index in [9.17, 15) is 0 Å². The van der Waals surface area contributed by atoms with Gasteiger partial charge in [0, 0.05) is 0 Å². The third-order valence-corrected chi connectivity index (χ3v) is 2.78. The van der Waals surface area contributed by atoms with Gasteiger partial charge in [0.2, 0.25) is 0 Å². The maximum Gasteiger partial charge on any atom is 0.119 e. The smallest absolute Gasteiger partial charge is 0.119 e. The highest BCUT2D eigenvalue weighted by Crippen LogP contribution is 2.14. The molecule has 0 spiro atoms. The number of rotatable bonds is 8. The summed E-state index contributed by atoms with van der Waals surface area (Å²) in [5, 5.41) is 0. The number of unbranched alkanes of at least 4 members (excludes halogenated alkanes) is 2. The monoisotopic (exact) mass is 232 g/mol. The molecule has 0 aliphatic heterocycles. The second kappa shape index (κ2) is 8.86. The Balaban J connectivity index is 2.29. The van der Waals surface area contributed by atoms with E-state index in [1.54, 1.807) is 0 Å². The van der Waals surface area contributed by atoms with E-state index in [2.05, 4.69) is 50.3 Å². The molecule has 0 fully saturated rings. The van der Waals surface area contributed by atoms with Gasteiger partial charge in [0.1, 0.15) is 5.75 Å². The fourth-order valence-corrected chi connectivity index (χ4v) is 1.71. The fourth-order valence-electron chi connectivity index (χ4n) is 1.71. The van der Waals surface area contributed by atoms with Crippen molar-refractivity contribution in [1.29, 1.82) is 0 Å². The molecule has 1 aromatic carbocycles. The van der Waals surface area contributed by atoms with Crippen molar-refractivity contribution in [3.8, 4) is 5.75 Å². The zero-order valence-corrected chi connectivity index (χ0v) is 11.1. The molecule has 0 aliphatic rings. The van der Waals surface area contributed by atoms with Gasteiger partial charge < -0.3 is 4.74 Å². The zero-order chi connectivity index (χ0) is 12.3. The lowest BCUT2D eigenvalue weighted by Gasteiger charge is -2.06. The predicted octanol–water partition coefficient (Wildman–Crippen LogP) is 4.76. The second-order valence-electron chi connectivity index (χ2n) is 4.31. The van der Waals surface area contributed by atoms with Crippen LogP contribution < -0.4 is 4.74 Å². The quantitative estimate of drug-likeness (QED) is 0.463. The number of aryl methyl sites for hydroxylation is 1. The highest BCUT2D eigenvalue weighted by atomic mass is 16.5. The van der Waals surface area contributed by atoms with Crippen LogP contribution in [0.5, 0.6) is 5.75 Å². The highest BCUT2D eigenvalue weighted by Gasteiger charge is 1.95. The number of hydrogen-bond donors (Lipinski definition) is 0. The number of benzene rings is 1. The minimum atomic E-state index is 0.839. The summed E-state index contributed by atoms with van der Waals surface area (Å²) in [6.45, 7) is 5.11. The van der Waals surface area contributed by atoms with Gasteiger partial charge in [-0.3, -0.25) is 0 Å². The summed E-state index contributed by atoms with van der Waals surface area (Å²) < 4.78 is 5.67. The van der Waals surface area contributed by atoms with E-state index in [0.29, 0.717) is 0 Å². The Morgan fingerprint density at radius 1 is 1.12 bits per heavy atom. The topological polar surface area (TPSA) is 9.23 Å². The Hall–Kier alpha value is -1.24. The van der Waals surface area contributed by atoms with E-state index in [1.807, 2.05) is 0 Å². The summed E-state index contributed by atoms with van der Waals surface area (Å²) in [5.74, 6) is 0.996. The first-order valence-corrected chi connectivity index (χ1v) is 6.69. The van der Waals surface area contributed by atoms with Crippen molar-refractivity contribution in [2.45, 2.75) is 46.0 Å². The van der Waals surface area contributed by atoms with Gasteiger partial charge >= 0.3 is 0 Å². The molecule has 0 atom stereocenters. The van der Waals surface area contributed by atoms with Crippen molar-refractivity contribution in [3.63, 3.8) is 0 Å². The first kappa shape index (κ1) is 13.8. The number of ether oxygens (including phenoxy) is 1. The van der Waals surface area contributed by atoms with Gasteiger partial charge in [-0.05, 0) is 43.9 Å². The fraction of sp³-hybridized carbons (Fsp3) is 0.500. The number of hydrogen-bond acceptors (Lipinski definition) is 1. The highest BCUT2D eigenvalue weighted by molar-refractivity contribution is 5.27. The van der Waals surface area contributed by atoms with E-state index in [1.165, 1.54) is 18.4 Å². The predicted molar refractivity (Wildman–Crippen MR) is 74.6 cm³/mol. The van der Waals surface area contributed by atoms with Crippen molar-refractivity contribution in [1.82, 2.24) is 0 Å². The van der Waals surface area contributed by atoms with Crippen LogP contribution in [-0.4, -0.2) is 6.61 Å². The third-order valence-electron chi connectivity index (χ3n) is 2.78. The maximum atomic E-state index is 5.67. The van der Waals surface area contributed by atoms with Gasteiger partial charge in [-0.15, -0.1) is 0 Å². The third kappa shape index (κ3) is 6.15. The van der Waals surface area contributed by atoms with Crippen LogP contribution in [0.2, 0.25) is 0 Å². The molecular weight excluding hydrogens is 208 g/mol. The Morgan fingerprint density at radius 3 is 2.53 bits per heavy atom. The van der Waals surface area contributed by atoms with E-state index in [0.717, 1.165) is 31.6 Å². The lowest BCUT2D eigenvalue weighted by atomic mass is 10.1. The Bertz CT molecular complexity index is 311. The van der Waals surface area contributed by atoms with E-state index >= 15 is 0 Å². The Morgan fingerprint density at radius 2 is 1.88 bits per heavy atom. The standard InChI is InChI=1S/C16H24O/c1-3-5-7-9-15-10-12-16(13-11-15)17-14-8-6-4-2/h3,5,10-13H,4,6-9,14H2,1-2H3/b5-3-. The second-order valence-corrected chi connectivity index (χ2v) is 4.31. The van der Waals surface area contributed by atoms with Crippen LogP contribution >= 0.6 is 0 Å². The Labute approximate surface area is 106 Å². The van der Waals surface area contributed by atoms with Crippen molar-refractivity contribution < 1.29 is 4.74 Å². The van der Waals surface area contributed by atoms with Crippen LogP contribution in [0.25, 0.3) is 0 Å². The molecule has 0 N–H and O–H groups in total. The molecular formula is C16H24O. The molecule has 0 unspecified atom stereocenters. The van der Waals surface area contributed by atoms with E-state index in [4.69, 9.17) is 4.74 Å². The average Bonchev–Trinajstić information content (AvgIpc) is 2.37. The largest absolute Gasteiger partial charge is 0.494 e. The maximum absolute atomic E-state index is 5.67. The van der Waals surface area contributed by atoms with E-state index in [-0.39, 0.29) is 0 Å². The molecule has 1 rings (SSSR count). The van der Waals surface area contributed by atoms with Gasteiger partial charge in [-0.2, -0.15) is 0 Å². The average molecular weight is 232 g/mol. The summed E-state index contributed by atoms with van der Waals surface area (Å²) in [6, 6.07) is 8.49. The molecule has 1 nitrogen and oxygen atoms in total. The molecule has 0 saturated heterocycles. The minimum absolute atomic E-state index is 0.839. The lowest BCUT2D eigenvalue weighted by molar-refractivity contribution is 0.306. The van der Waals surface area contributed by atoms with Crippen molar-refractivity contribution in [3.05, 3.63) is 42.0 Å². The zero-order valence-electron chi connectivity index (χ0n) is 11.1. The molecule has 17 heavy (non-hydrogen) atoms. The lowest BCUT2D eigenvalue weighted by Crippen LogP contribution is -1.97. The van der Waals surface area contributed by atoms with Crippen LogP contribution in [-0.2, 0) is 6.42 Å². The molecule has 0 aromatic heterocycles. The van der Waals surface area contributed by atoms with Crippen LogP contribution in [0, 0.1) is 0 Å². The molecule has 0 saturated carbocycles. The molecule has 0 aliphatic carbocycles.